The van der Waals surface area contributed by atoms with E-state index < -0.39 is 0 Å². The molecule has 0 amide bonds. The lowest BCUT2D eigenvalue weighted by atomic mass is 9.94. The first kappa shape index (κ1) is 27.4. The highest BCUT2D eigenvalue weighted by Gasteiger charge is 2.18. The van der Waals surface area contributed by atoms with Crippen molar-refractivity contribution < 1.29 is 0 Å². The van der Waals surface area contributed by atoms with E-state index in [4.69, 9.17) is 4.98 Å². The number of rotatable bonds is 3. The molecule has 0 atom stereocenters. The van der Waals surface area contributed by atoms with Gasteiger partial charge in [-0.3, -0.25) is 0 Å². The average Bonchev–Trinajstić information content (AvgIpc) is 3.67. The zero-order valence-electron chi connectivity index (χ0n) is 27.4. The number of aryl methyl sites for hydroxylation is 1. The van der Waals surface area contributed by atoms with Crippen LogP contribution in [0.1, 0.15) is 6.92 Å². The maximum absolute atomic E-state index is 4.70. The highest BCUT2D eigenvalue weighted by Crippen LogP contribution is 2.40. The Balaban J connectivity index is 1.13. The first-order chi connectivity index (χ1) is 24.7. The standard InChI is InChI=1S/C46H30N4/c1-2-49-41-13-7-4-9-35(41)38-26-44-39(25-43(38)49)36-10-5-8-14-42(36)50(44)32-20-22-34-30(24-32)18-16-28-15-17-29-23-31(19-21-33(29)45(28)34)46-37-11-3-6-12-40(37)47-27-48-46/h3-27H,2H2,1H3. The van der Waals surface area contributed by atoms with Gasteiger partial charge in [0.2, 0.25) is 0 Å². The van der Waals surface area contributed by atoms with Crippen LogP contribution in [0.25, 0.3) is 104 Å². The van der Waals surface area contributed by atoms with Crippen molar-refractivity contribution in [3.8, 4) is 16.9 Å². The quantitative estimate of drug-likeness (QED) is 0.181. The molecule has 0 radical (unpaired) electrons. The van der Waals surface area contributed by atoms with Crippen molar-refractivity contribution in [3.05, 3.63) is 152 Å². The van der Waals surface area contributed by atoms with Gasteiger partial charge < -0.3 is 9.13 Å². The second-order valence-electron chi connectivity index (χ2n) is 13.3. The van der Waals surface area contributed by atoms with Crippen LogP contribution in [0.4, 0.5) is 0 Å². The summed E-state index contributed by atoms with van der Waals surface area (Å²) in [6.07, 6.45) is 1.66. The van der Waals surface area contributed by atoms with Gasteiger partial charge in [0, 0.05) is 55.8 Å². The van der Waals surface area contributed by atoms with E-state index in [1.54, 1.807) is 6.33 Å². The molecule has 3 heterocycles. The Morgan fingerprint density at radius 3 is 1.92 bits per heavy atom. The zero-order valence-corrected chi connectivity index (χ0v) is 27.4. The van der Waals surface area contributed by atoms with E-state index in [0.717, 1.165) is 28.7 Å². The number of benzene rings is 8. The van der Waals surface area contributed by atoms with Crippen LogP contribution >= 0.6 is 0 Å². The molecule has 50 heavy (non-hydrogen) atoms. The van der Waals surface area contributed by atoms with Crippen molar-refractivity contribution in [1.82, 2.24) is 19.1 Å². The predicted octanol–water partition coefficient (Wildman–Crippen LogP) is 12.0. The van der Waals surface area contributed by atoms with E-state index in [-0.39, 0.29) is 0 Å². The zero-order chi connectivity index (χ0) is 32.9. The summed E-state index contributed by atoms with van der Waals surface area (Å²) in [6, 6.07) is 53.4. The van der Waals surface area contributed by atoms with Gasteiger partial charge in [0.25, 0.3) is 0 Å². The lowest BCUT2D eigenvalue weighted by Gasteiger charge is -2.13. The highest BCUT2D eigenvalue weighted by atomic mass is 15.0. The summed E-state index contributed by atoms with van der Waals surface area (Å²) >= 11 is 0. The van der Waals surface area contributed by atoms with Gasteiger partial charge in [0.05, 0.1) is 22.2 Å². The van der Waals surface area contributed by atoms with Gasteiger partial charge in [-0.2, -0.15) is 0 Å². The SMILES string of the molecule is CCn1c2ccccc2c2cc3c(cc21)c1ccccc1n3-c1ccc2c(ccc3ccc4cc(-c5ncnc6ccccc56)ccc4c32)c1. The third kappa shape index (κ3) is 3.76. The van der Waals surface area contributed by atoms with Crippen LogP contribution in [0.3, 0.4) is 0 Å². The van der Waals surface area contributed by atoms with Crippen molar-refractivity contribution >= 4 is 86.8 Å². The van der Waals surface area contributed by atoms with E-state index in [9.17, 15) is 0 Å². The number of para-hydroxylation sites is 3. The van der Waals surface area contributed by atoms with Gasteiger partial charge in [0.1, 0.15) is 6.33 Å². The van der Waals surface area contributed by atoms with Crippen molar-refractivity contribution in [3.63, 3.8) is 0 Å². The number of hydrogen-bond donors (Lipinski definition) is 0. The number of aromatic nitrogens is 4. The van der Waals surface area contributed by atoms with Crippen molar-refractivity contribution in [2.45, 2.75) is 13.5 Å². The first-order valence-electron chi connectivity index (χ1n) is 17.3. The van der Waals surface area contributed by atoms with Gasteiger partial charge in [-0.25, -0.2) is 9.97 Å². The molecule has 0 aliphatic carbocycles. The predicted molar refractivity (Wildman–Crippen MR) is 211 cm³/mol. The molecular weight excluding hydrogens is 609 g/mol. The Bertz CT molecular complexity index is 3190. The van der Waals surface area contributed by atoms with Crippen LogP contribution in [-0.2, 0) is 6.54 Å². The van der Waals surface area contributed by atoms with Gasteiger partial charge in [-0.15, -0.1) is 0 Å². The van der Waals surface area contributed by atoms with Crippen LogP contribution in [0.2, 0.25) is 0 Å². The molecule has 3 aromatic heterocycles. The molecule has 4 heteroatoms. The maximum Gasteiger partial charge on any atom is 0.116 e. The molecule has 0 saturated carbocycles. The minimum absolute atomic E-state index is 0.931. The second kappa shape index (κ2) is 10.2. The van der Waals surface area contributed by atoms with E-state index >= 15 is 0 Å². The third-order valence-electron chi connectivity index (χ3n) is 10.8. The van der Waals surface area contributed by atoms with E-state index in [0.29, 0.717) is 0 Å². The summed E-state index contributed by atoms with van der Waals surface area (Å²) in [5.74, 6) is 0. The fourth-order valence-electron chi connectivity index (χ4n) is 8.53. The molecule has 8 aromatic carbocycles. The number of fused-ring (bicyclic) bond motifs is 12. The Morgan fingerprint density at radius 2 is 1.10 bits per heavy atom. The Kier molecular flexibility index (Phi) is 5.62. The first-order valence-corrected chi connectivity index (χ1v) is 17.3. The molecular formula is C46H30N4. The summed E-state index contributed by atoms with van der Waals surface area (Å²) in [7, 11) is 0. The smallest absolute Gasteiger partial charge is 0.116 e. The molecule has 0 saturated heterocycles. The summed E-state index contributed by atoms with van der Waals surface area (Å²) < 4.78 is 4.90. The summed E-state index contributed by atoms with van der Waals surface area (Å²) in [5, 5.41) is 13.7. The van der Waals surface area contributed by atoms with Crippen LogP contribution < -0.4 is 0 Å². The monoisotopic (exact) mass is 638 g/mol. The van der Waals surface area contributed by atoms with Crippen LogP contribution in [0.5, 0.6) is 0 Å². The molecule has 4 nitrogen and oxygen atoms in total. The van der Waals surface area contributed by atoms with Crippen LogP contribution in [-0.4, -0.2) is 19.1 Å². The topological polar surface area (TPSA) is 35.6 Å². The Labute approximate surface area is 287 Å². The molecule has 234 valence electrons. The molecule has 0 fully saturated rings. The van der Waals surface area contributed by atoms with Gasteiger partial charge in [0.15, 0.2) is 0 Å². The molecule has 11 rings (SSSR count). The van der Waals surface area contributed by atoms with Gasteiger partial charge in [-0.05, 0) is 87.8 Å². The number of nitrogens with zero attached hydrogens (tertiary/aromatic N) is 4. The van der Waals surface area contributed by atoms with Crippen molar-refractivity contribution in [2.75, 3.05) is 0 Å². The van der Waals surface area contributed by atoms with E-state index in [2.05, 4.69) is 155 Å². The lowest BCUT2D eigenvalue weighted by molar-refractivity contribution is 0.827. The molecule has 0 aliphatic rings. The third-order valence-corrected chi connectivity index (χ3v) is 10.8. The maximum atomic E-state index is 4.70. The van der Waals surface area contributed by atoms with Gasteiger partial charge >= 0.3 is 0 Å². The molecule has 0 N–H and O–H groups in total. The molecule has 0 spiro atoms. The molecule has 0 aliphatic heterocycles. The van der Waals surface area contributed by atoms with Crippen LogP contribution in [0, 0.1) is 0 Å². The summed E-state index contributed by atoms with van der Waals surface area (Å²) in [6.45, 7) is 3.17. The minimum Gasteiger partial charge on any atom is -0.341 e. The Morgan fingerprint density at radius 1 is 0.460 bits per heavy atom. The second-order valence-corrected chi connectivity index (χ2v) is 13.3. The lowest BCUT2D eigenvalue weighted by Crippen LogP contribution is -1.95. The summed E-state index contributed by atoms with van der Waals surface area (Å²) in [4.78, 5) is 9.18. The fraction of sp³-hybridized carbons (Fsp3) is 0.0435. The number of hydrogen-bond acceptors (Lipinski definition) is 2. The molecule has 0 unspecified atom stereocenters. The average molecular weight is 639 g/mol. The van der Waals surface area contributed by atoms with Crippen molar-refractivity contribution in [1.29, 1.82) is 0 Å². The largest absolute Gasteiger partial charge is 0.341 e. The van der Waals surface area contributed by atoms with E-state index in [1.807, 2.05) is 12.1 Å². The van der Waals surface area contributed by atoms with Crippen molar-refractivity contribution in [2.24, 2.45) is 0 Å². The van der Waals surface area contributed by atoms with Gasteiger partial charge in [-0.1, -0.05) is 97.1 Å². The molecule has 0 bridgehead atoms. The molecule has 11 aromatic rings. The van der Waals surface area contributed by atoms with E-state index in [1.165, 1.54) is 81.6 Å². The fourth-order valence-corrected chi connectivity index (χ4v) is 8.53. The Hall–Kier alpha value is -6.52. The summed E-state index contributed by atoms with van der Waals surface area (Å²) in [5.41, 5.74) is 9.21. The normalized spacial score (nSPS) is 12.2. The van der Waals surface area contributed by atoms with Crippen LogP contribution in [0.15, 0.2) is 152 Å². The highest BCUT2D eigenvalue weighted by molar-refractivity contribution is 6.22. The minimum atomic E-state index is 0.931.